The number of carbonyl (C=O) groups is 2. The third kappa shape index (κ3) is 2.82. The number of nitrogens with one attached hydrogen (secondary N) is 1. The van der Waals surface area contributed by atoms with Crippen molar-refractivity contribution in [3.63, 3.8) is 0 Å². The molecular weight excluding hydrogens is 354 g/mol. The number of benzene rings is 1. The largest absolute Gasteiger partial charge is 0.480 e. The Morgan fingerprint density at radius 3 is 2.85 bits per heavy atom. The van der Waals surface area contributed by atoms with E-state index >= 15 is 0 Å². The second-order valence-corrected chi connectivity index (χ2v) is 6.72. The fourth-order valence-corrected chi connectivity index (χ4v) is 3.67. The Morgan fingerprint density at radius 1 is 1.27 bits per heavy atom. The van der Waals surface area contributed by atoms with Gasteiger partial charge in [0.25, 0.3) is 5.91 Å². The minimum Gasteiger partial charge on any atom is -0.480 e. The SMILES string of the molecule is O=C(O)C1CC(=C2CCN(c3ccccn3)C2=O)c2ccc(Cl)cc2N1. The molecule has 0 spiro atoms. The number of pyridine rings is 1. The van der Waals surface area contributed by atoms with E-state index in [0.717, 1.165) is 11.1 Å². The molecule has 2 aliphatic heterocycles. The lowest BCUT2D eigenvalue weighted by molar-refractivity contribution is -0.137. The van der Waals surface area contributed by atoms with Crippen molar-refractivity contribution < 1.29 is 14.7 Å². The lowest BCUT2D eigenvalue weighted by atomic mass is 9.88. The molecule has 2 aromatic rings. The molecule has 0 saturated carbocycles. The molecule has 3 heterocycles. The van der Waals surface area contributed by atoms with Crippen LogP contribution in [0.1, 0.15) is 18.4 Å². The first-order valence-electron chi connectivity index (χ1n) is 8.29. The summed E-state index contributed by atoms with van der Waals surface area (Å²) in [6.45, 7) is 0.531. The number of hydrogen-bond donors (Lipinski definition) is 2. The Morgan fingerprint density at radius 2 is 2.12 bits per heavy atom. The average Bonchev–Trinajstić information content (AvgIpc) is 3.02. The highest BCUT2D eigenvalue weighted by molar-refractivity contribution is 6.31. The third-order valence-electron chi connectivity index (χ3n) is 4.72. The second-order valence-electron chi connectivity index (χ2n) is 6.28. The van der Waals surface area contributed by atoms with Crippen LogP contribution in [0.25, 0.3) is 5.57 Å². The number of rotatable bonds is 2. The van der Waals surface area contributed by atoms with Crippen LogP contribution in [0, 0.1) is 0 Å². The molecule has 132 valence electrons. The minimum atomic E-state index is -0.958. The van der Waals surface area contributed by atoms with E-state index in [1.807, 2.05) is 12.1 Å². The van der Waals surface area contributed by atoms with E-state index in [9.17, 15) is 14.7 Å². The van der Waals surface area contributed by atoms with Gasteiger partial charge in [0, 0.05) is 41.0 Å². The first-order chi connectivity index (χ1) is 12.5. The summed E-state index contributed by atoms with van der Waals surface area (Å²) in [5, 5.41) is 13.0. The van der Waals surface area contributed by atoms with Crippen LogP contribution in [0.3, 0.4) is 0 Å². The van der Waals surface area contributed by atoms with Crippen molar-refractivity contribution in [2.75, 3.05) is 16.8 Å². The van der Waals surface area contributed by atoms with Crippen LogP contribution in [0.5, 0.6) is 0 Å². The molecule has 1 amide bonds. The molecule has 26 heavy (non-hydrogen) atoms. The highest BCUT2D eigenvalue weighted by atomic mass is 35.5. The Hall–Kier alpha value is -2.86. The van der Waals surface area contributed by atoms with Crippen molar-refractivity contribution in [2.24, 2.45) is 0 Å². The summed E-state index contributed by atoms with van der Waals surface area (Å²) in [6.07, 6.45) is 2.45. The van der Waals surface area contributed by atoms with Crippen LogP contribution in [0.4, 0.5) is 11.5 Å². The lowest BCUT2D eigenvalue weighted by Gasteiger charge is -2.28. The maximum atomic E-state index is 13.0. The van der Waals surface area contributed by atoms with Crippen molar-refractivity contribution in [1.29, 1.82) is 0 Å². The molecule has 1 aromatic heterocycles. The van der Waals surface area contributed by atoms with Gasteiger partial charge < -0.3 is 10.4 Å². The van der Waals surface area contributed by atoms with Crippen molar-refractivity contribution in [2.45, 2.75) is 18.9 Å². The molecule has 4 rings (SSSR count). The summed E-state index contributed by atoms with van der Waals surface area (Å²) in [5.74, 6) is -0.473. The average molecular weight is 370 g/mol. The zero-order valence-corrected chi connectivity index (χ0v) is 14.5. The van der Waals surface area contributed by atoms with Gasteiger partial charge in [0.2, 0.25) is 0 Å². The Balaban J connectivity index is 1.78. The predicted octanol–water partition coefficient (Wildman–Crippen LogP) is 3.19. The smallest absolute Gasteiger partial charge is 0.326 e. The number of fused-ring (bicyclic) bond motifs is 1. The number of aromatic nitrogens is 1. The molecule has 0 aliphatic carbocycles. The van der Waals surface area contributed by atoms with Crippen LogP contribution in [0.15, 0.2) is 48.2 Å². The van der Waals surface area contributed by atoms with E-state index in [1.165, 1.54) is 0 Å². The van der Waals surface area contributed by atoms with Gasteiger partial charge in [0.05, 0.1) is 0 Å². The number of aliphatic carboxylic acids is 1. The number of nitrogens with zero attached hydrogens (tertiary/aromatic N) is 2. The lowest BCUT2D eigenvalue weighted by Crippen LogP contribution is -2.33. The number of halogens is 1. The third-order valence-corrected chi connectivity index (χ3v) is 4.96. The quantitative estimate of drug-likeness (QED) is 0.794. The second kappa shape index (κ2) is 6.46. The highest BCUT2D eigenvalue weighted by Crippen LogP contribution is 2.40. The first kappa shape index (κ1) is 16.6. The van der Waals surface area contributed by atoms with Gasteiger partial charge in [0.15, 0.2) is 0 Å². The van der Waals surface area contributed by atoms with Crippen molar-refractivity contribution in [3.8, 4) is 0 Å². The standard InChI is InChI=1S/C19H16ClN3O3/c20-11-4-5-12-14(10-16(19(25)26)22-15(12)9-11)13-6-8-23(18(13)24)17-3-1-2-7-21-17/h1-5,7,9,16,22H,6,8,10H2,(H,25,26). The fraction of sp³-hybridized carbons (Fsp3) is 0.211. The summed E-state index contributed by atoms with van der Waals surface area (Å²) in [7, 11) is 0. The molecular formula is C19H16ClN3O3. The Kier molecular flexibility index (Phi) is 4.12. The summed E-state index contributed by atoms with van der Waals surface area (Å²) in [4.78, 5) is 30.4. The van der Waals surface area contributed by atoms with Gasteiger partial charge in [-0.2, -0.15) is 0 Å². The molecule has 1 saturated heterocycles. The van der Waals surface area contributed by atoms with Gasteiger partial charge in [0.1, 0.15) is 11.9 Å². The number of anilines is 2. The minimum absolute atomic E-state index is 0.120. The predicted molar refractivity (Wildman–Crippen MR) is 99.2 cm³/mol. The number of hydrogen-bond acceptors (Lipinski definition) is 4. The van der Waals surface area contributed by atoms with Gasteiger partial charge >= 0.3 is 5.97 Å². The molecule has 1 atom stereocenters. The summed E-state index contributed by atoms with van der Waals surface area (Å²) >= 11 is 6.06. The van der Waals surface area contributed by atoms with E-state index in [1.54, 1.807) is 35.4 Å². The fourth-order valence-electron chi connectivity index (χ4n) is 3.49. The van der Waals surface area contributed by atoms with Crippen molar-refractivity contribution in [3.05, 3.63) is 58.8 Å². The molecule has 1 unspecified atom stereocenters. The monoisotopic (exact) mass is 369 g/mol. The van der Waals surface area contributed by atoms with E-state index < -0.39 is 12.0 Å². The van der Waals surface area contributed by atoms with Crippen LogP contribution >= 0.6 is 11.6 Å². The maximum Gasteiger partial charge on any atom is 0.326 e. The van der Waals surface area contributed by atoms with Gasteiger partial charge in [-0.3, -0.25) is 9.69 Å². The van der Waals surface area contributed by atoms with Crippen LogP contribution in [0.2, 0.25) is 5.02 Å². The van der Waals surface area contributed by atoms with Crippen molar-refractivity contribution >= 4 is 40.6 Å². The molecule has 2 aliphatic rings. The van der Waals surface area contributed by atoms with Gasteiger partial charge in [-0.1, -0.05) is 23.7 Å². The number of carbonyl (C=O) groups excluding carboxylic acids is 1. The van der Waals surface area contributed by atoms with Gasteiger partial charge in [-0.25, -0.2) is 9.78 Å². The van der Waals surface area contributed by atoms with Gasteiger partial charge in [-0.05, 0) is 36.3 Å². The molecule has 1 fully saturated rings. The molecule has 0 bridgehead atoms. The van der Waals surface area contributed by atoms with Crippen LogP contribution < -0.4 is 10.2 Å². The zero-order chi connectivity index (χ0) is 18.3. The van der Waals surface area contributed by atoms with E-state index in [-0.39, 0.29) is 12.3 Å². The zero-order valence-electron chi connectivity index (χ0n) is 13.8. The molecule has 6 nitrogen and oxygen atoms in total. The summed E-state index contributed by atoms with van der Waals surface area (Å²) < 4.78 is 0. The maximum absolute atomic E-state index is 13.0. The molecule has 1 aromatic carbocycles. The Bertz CT molecular complexity index is 927. The van der Waals surface area contributed by atoms with Gasteiger partial charge in [-0.15, -0.1) is 0 Å². The molecule has 7 heteroatoms. The normalized spacial score (nSPS) is 22.1. The summed E-state index contributed by atoms with van der Waals surface area (Å²) in [6, 6.07) is 9.92. The first-order valence-corrected chi connectivity index (χ1v) is 8.66. The van der Waals surface area contributed by atoms with E-state index in [2.05, 4.69) is 10.3 Å². The van der Waals surface area contributed by atoms with E-state index in [4.69, 9.17) is 11.6 Å². The molecule has 0 radical (unpaired) electrons. The highest BCUT2D eigenvalue weighted by Gasteiger charge is 2.35. The van der Waals surface area contributed by atoms with E-state index in [0.29, 0.717) is 35.1 Å². The Labute approximate surface area is 155 Å². The number of carboxylic acid groups (broad SMARTS) is 1. The number of carboxylic acids is 1. The number of amides is 1. The molecule has 2 N–H and O–H groups in total. The van der Waals surface area contributed by atoms with Crippen molar-refractivity contribution in [1.82, 2.24) is 4.98 Å². The van der Waals surface area contributed by atoms with Crippen LogP contribution in [-0.2, 0) is 9.59 Å². The van der Waals surface area contributed by atoms with Crippen LogP contribution in [-0.4, -0.2) is 34.6 Å². The topological polar surface area (TPSA) is 82.5 Å². The summed E-state index contributed by atoms with van der Waals surface area (Å²) in [5.41, 5.74) is 2.89.